The number of sulfonamides is 1. The van der Waals surface area contributed by atoms with Crippen molar-refractivity contribution in [2.24, 2.45) is 5.73 Å². The van der Waals surface area contributed by atoms with Crippen LogP contribution < -0.4 is 10.0 Å². The van der Waals surface area contributed by atoms with Gasteiger partial charge in [-0.25, -0.2) is 8.42 Å². The third-order valence-corrected chi connectivity index (χ3v) is 8.21. The van der Waals surface area contributed by atoms with Crippen LogP contribution in [0.2, 0.25) is 5.02 Å². The van der Waals surface area contributed by atoms with Gasteiger partial charge in [0.25, 0.3) is 10.0 Å². The Balaban J connectivity index is 1.78. The van der Waals surface area contributed by atoms with Gasteiger partial charge in [0.1, 0.15) is 16.5 Å². The first-order chi connectivity index (χ1) is 16.3. The minimum absolute atomic E-state index is 0.00492. The normalized spacial score (nSPS) is 18.6. The van der Waals surface area contributed by atoms with Crippen LogP contribution in [0.3, 0.4) is 0 Å². The molecule has 1 atom stereocenters. The van der Waals surface area contributed by atoms with Crippen molar-refractivity contribution in [3.63, 3.8) is 0 Å². The second-order valence-electron chi connectivity index (χ2n) is 8.16. The van der Waals surface area contributed by atoms with E-state index in [1.807, 2.05) is 31.2 Å². The zero-order valence-corrected chi connectivity index (χ0v) is 19.8. The topological polar surface area (TPSA) is 96.4 Å². The summed E-state index contributed by atoms with van der Waals surface area (Å²) in [5, 5.41) is 10.3. The fourth-order valence-corrected chi connectivity index (χ4v) is 6.62. The van der Waals surface area contributed by atoms with E-state index in [1.165, 1.54) is 4.31 Å². The van der Waals surface area contributed by atoms with Gasteiger partial charge in [0, 0.05) is 10.6 Å². The fraction of sp³-hybridized carbons (Fsp3) is 0.115. The number of rotatable bonds is 3. The molecule has 0 saturated carbocycles. The average Bonchev–Trinajstić information content (AvgIpc) is 2.81. The Labute approximate surface area is 203 Å². The predicted octanol–water partition coefficient (Wildman–Crippen LogP) is 5.17. The molecule has 3 aromatic carbocycles. The van der Waals surface area contributed by atoms with Crippen molar-refractivity contribution in [1.82, 2.24) is 0 Å². The molecule has 5 rings (SSSR count). The Bertz CT molecular complexity index is 1540. The lowest BCUT2D eigenvalue weighted by Crippen LogP contribution is -2.39. The van der Waals surface area contributed by atoms with Crippen molar-refractivity contribution < 1.29 is 13.2 Å². The third-order valence-electron chi connectivity index (χ3n) is 5.98. The molecule has 170 valence electrons. The summed E-state index contributed by atoms with van der Waals surface area (Å²) in [5.74, 6) is -1.01. The van der Waals surface area contributed by atoms with Gasteiger partial charge in [-0.1, -0.05) is 71.8 Å². The number of allylic oxidation sites excluding steroid dienone is 2. The molecule has 2 N–H and O–H groups in total. The van der Waals surface area contributed by atoms with Gasteiger partial charge in [0.05, 0.1) is 18.2 Å². The lowest BCUT2D eigenvalue weighted by Gasteiger charge is -2.38. The summed E-state index contributed by atoms with van der Waals surface area (Å²) >= 11 is 6.49. The standard InChI is InChI=1S/C26H20ClN3O3S/c1-16-7-6-8-17(13-16)15-30-22-12-5-3-10-19(22)24-25(34(30,31)32)23(20(14-28)26(29)33-24)18-9-2-4-11-21(18)27/h2-13,23H,15,29H2,1H3. The van der Waals surface area contributed by atoms with Crippen molar-refractivity contribution in [2.75, 3.05) is 4.31 Å². The minimum Gasteiger partial charge on any atom is -0.439 e. The highest BCUT2D eigenvalue weighted by Gasteiger charge is 2.47. The second kappa shape index (κ2) is 8.24. The number of nitrogens with zero attached hydrogens (tertiary/aromatic N) is 2. The van der Waals surface area contributed by atoms with Gasteiger partial charge in [0.2, 0.25) is 5.88 Å². The van der Waals surface area contributed by atoms with Gasteiger partial charge < -0.3 is 10.5 Å². The molecule has 0 spiro atoms. The number of aryl methyl sites for hydroxylation is 1. The van der Waals surface area contributed by atoms with Crippen LogP contribution in [-0.2, 0) is 21.3 Å². The van der Waals surface area contributed by atoms with E-state index in [9.17, 15) is 13.7 Å². The quantitative estimate of drug-likeness (QED) is 0.547. The third kappa shape index (κ3) is 3.43. The number of hydrogen-bond donors (Lipinski definition) is 1. The first-order valence-electron chi connectivity index (χ1n) is 10.6. The van der Waals surface area contributed by atoms with Crippen LogP contribution in [0.15, 0.2) is 89.2 Å². The highest BCUT2D eigenvalue weighted by molar-refractivity contribution is 7.96. The number of hydrogen-bond acceptors (Lipinski definition) is 5. The van der Waals surface area contributed by atoms with E-state index in [0.717, 1.165) is 11.1 Å². The van der Waals surface area contributed by atoms with Crippen LogP contribution in [0.5, 0.6) is 0 Å². The SMILES string of the molecule is Cc1cccc(CN2c3ccccc3C3=C(C(c4ccccc4Cl)C(C#N)=C(N)O3)S2(=O)=O)c1. The molecule has 0 aliphatic carbocycles. The van der Waals surface area contributed by atoms with Crippen molar-refractivity contribution in [3.8, 4) is 6.07 Å². The van der Waals surface area contributed by atoms with Crippen LogP contribution in [0.25, 0.3) is 5.76 Å². The van der Waals surface area contributed by atoms with E-state index < -0.39 is 15.9 Å². The zero-order valence-electron chi connectivity index (χ0n) is 18.2. The Hall–Kier alpha value is -3.73. The number of benzene rings is 3. The van der Waals surface area contributed by atoms with Gasteiger partial charge >= 0.3 is 0 Å². The molecule has 0 saturated heterocycles. The molecule has 0 amide bonds. The van der Waals surface area contributed by atoms with E-state index in [2.05, 4.69) is 6.07 Å². The minimum atomic E-state index is -4.14. The lowest BCUT2D eigenvalue weighted by atomic mass is 9.88. The highest BCUT2D eigenvalue weighted by Crippen LogP contribution is 2.52. The summed E-state index contributed by atoms with van der Waals surface area (Å²) in [4.78, 5) is -0.0438. The van der Waals surface area contributed by atoms with E-state index in [-0.39, 0.29) is 28.7 Å². The Kier molecular flexibility index (Phi) is 5.35. The highest BCUT2D eigenvalue weighted by atomic mass is 35.5. The molecule has 0 aromatic heterocycles. The molecular weight excluding hydrogens is 470 g/mol. The van der Waals surface area contributed by atoms with Gasteiger partial charge in [-0.05, 0) is 36.2 Å². The molecule has 34 heavy (non-hydrogen) atoms. The van der Waals surface area contributed by atoms with Crippen LogP contribution in [0, 0.1) is 18.3 Å². The van der Waals surface area contributed by atoms with Gasteiger partial charge in [-0.2, -0.15) is 5.26 Å². The molecule has 0 radical (unpaired) electrons. The summed E-state index contributed by atoms with van der Waals surface area (Å²) in [7, 11) is -4.14. The maximum atomic E-state index is 14.2. The second-order valence-corrected chi connectivity index (χ2v) is 10.4. The molecule has 3 aromatic rings. The van der Waals surface area contributed by atoms with E-state index in [1.54, 1.807) is 48.5 Å². The maximum absolute atomic E-state index is 14.2. The number of anilines is 1. The Morgan fingerprint density at radius 1 is 1.09 bits per heavy atom. The van der Waals surface area contributed by atoms with Crippen LogP contribution in [0.1, 0.15) is 28.2 Å². The number of halogens is 1. The number of nitrogens with two attached hydrogens (primary N) is 1. The molecule has 1 unspecified atom stereocenters. The van der Waals surface area contributed by atoms with Gasteiger partial charge in [0.15, 0.2) is 5.76 Å². The molecule has 6 nitrogen and oxygen atoms in total. The molecule has 2 aliphatic rings. The molecular formula is C26H20ClN3O3S. The van der Waals surface area contributed by atoms with Crippen LogP contribution in [0.4, 0.5) is 5.69 Å². The largest absolute Gasteiger partial charge is 0.439 e. The van der Waals surface area contributed by atoms with Crippen molar-refractivity contribution in [2.45, 2.75) is 19.4 Å². The summed E-state index contributed by atoms with van der Waals surface area (Å²) in [5.41, 5.74) is 9.54. The number of nitriles is 1. The van der Waals surface area contributed by atoms with Crippen LogP contribution >= 0.6 is 11.6 Å². The van der Waals surface area contributed by atoms with Gasteiger partial charge in [-0.15, -0.1) is 0 Å². The summed E-state index contributed by atoms with van der Waals surface area (Å²) in [6.45, 7) is 2.08. The maximum Gasteiger partial charge on any atom is 0.265 e. The zero-order chi connectivity index (χ0) is 24.0. The monoisotopic (exact) mass is 489 g/mol. The summed E-state index contributed by atoms with van der Waals surface area (Å²) in [6.07, 6.45) is 0. The fourth-order valence-electron chi connectivity index (χ4n) is 4.48. The van der Waals surface area contributed by atoms with E-state index in [4.69, 9.17) is 22.1 Å². The van der Waals surface area contributed by atoms with Crippen molar-refractivity contribution in [3.05, 3.63) is 116 Å². The number of fused-ring (bicyclic) bond motifs is 2. The summed E-state index contributed by atoms with van der Waals surface area (Å²) in [6, 6.07) is 23.7. The molecule has 2 heterocycles. The van der Waals surface area contributed by atoms with E-state index in [0.29, 0.717) is 21.8 Å². The lowest BCUT2D eigenvalue weighted by molar-refractivity contribution is 0.357. The summed E-state index contributed by atoms with van der Waals surface area (Å²) < 4.78 is 35.7. The molecule has 0 fully saturated rings. The first kappa shape index (κ1) is 22.1. The van der Waals surface area contributed by atoms with Crippen LogP contribution in [-0.4, -0.2) is 8.42 Å². The number of para-hydroxylation sites is 1. The number of ether oxygens (including phenoxy) is 1. The predicted molar refractivity (Wildman–Crippen MR) is 132 cm³/mol. The van der Waals surface area contributed by atoms with Crippen molar-refractivity contribution in [1.29, 1.82) is 5.26 Å². The Morgan fingerprint density at radius 3 is 2.56 bits per heavy atom. The Morgan fingerprint density at radius 2 is 1.82 bits per heavy atom. The molecule has 2 aliphatic heterocycles. The van der Waals surface area contributed by atoms with E-state index >= 15 is 0 Å². The molecule has 0 bridgehead atoms. The van der Waals surface area contributed by atoms with Gasteiger partial charge in [-0.3, -0.25) is 4.31 Å². The smallest absolute Gasteiger partial charge is 0.265 e. The van der Waals surface area contributed by atoms with Crippen molar-refractivity contribution >= 4 is 33.1 Å². The average molecular weight is 490 g/mol. The first-order valence-corrected chi connectivity index (χ1v) is 12.4. The molecule has 8 heteroatoms.